The van der Waals surface area contributed by atoms with E-state index in [4.69, 9.17) is 10.9 Å². The highest BCUT2D eigenvalue weighted by molar-refractivity contribution is 7.99. The quantitative estimate of drug-likeness (QED) is 0.247. The molecule has 0 aliphatic rings. The molecule has 0 atom stereocenters. The standard InChI is InChI=1S/C11H16N4OS2/c1-2-7-6-8-9(17-5-3-4-16)13-11(15-12)14-10(8)18-7/h6,16H,2-5,12H2,1H3,(H,13,14,15). The second-order valence-electron chi connectivity index (χ2n) is 3.71. The Labute approximate surface area is 114 Å². The summed E-state index contributed by atoms with van der Waals surface area (Å²) in [6.07, 6.45) is 1.75. The number of hydrogen-bond acceptors (Lipinski definition) is 7. The summed E-state index contributed by atoms with van der Waals surface area (Å²) in [6.45, 7) is 2.33. The Balaban J connectivity index is 2.37. The lowest BCUT2D eigenvalue weighted by molar-refractivity contribution is 0.296. The molecule has 2 heterocycles. The van der Waals surface area contributed by atoms with E-state index in [1.165, 1.54) is 4.88 Å². The Morgan fingerprint density at radius 3 is 3.00 bits per heavy atom. The van der Waals surface area contributed by atoms with Crippen LogP contribution in [0.1, 0.15) is 18.2 Å². The summed E-state index contributed by atoms with van der Waals surface area (Å²) in [5.74, 6) is 6.66. The highest BCUT2D eigenvalue weighted by Crippen LogP contribution is 2.32. The molecule has 0 amide bonds. The maximum atomic E-state index is 8.82. The molecule has 2 rings (SSSR count). The van der Waals surface area contributed by atoms with Gasteiger partial charge in [-0.15, -0.1) is 23.1 Å². The van der Waals surface area contributed by atoms with E-state index in [1.54, 1.807) is 23.1 Å². The molecule has 0 aliphatic carbocycles. The lowest BCUT2D eigenvalue weighted by Crippen LogP contribution is -2.10. The second-order valence-corrected chi connectivity index (χ2v) is 5.91. The first-order valence-corrected chi connectivity index (χ1v) is 7.59. The largest absolute Gasteiger partial charge is 0.396 e. The molecule has 0 radical (unpaired) electrons. The van der Waals surface area contributed by atoms with Crippen LogP contribution >= 0.6 is 23.1 Å². The van der Waals surface area contributed by atoms with Gasteiger partial charge in [0.1, 0.15) is 9.86 Å². The van der Waals surface area contributed by atoms with Crippen molar-refractivity contribution in [1.29, 1.82) is 0 Å². The van der Waals surface area contributed by atoms with E-state index < -0.39 is 0 Å². The van der Waals surface area contributed by atoms with Gasteiger partial charge in [-0.3, -0.25) is 5.43 Å². The minimum absolute atomic E-state index is 0.201. The van der Waals surface area contributed by atoms with Gasteiger partial charge in [-0.2, -0.15) is 0 Å². The molecular weight excluding hydrogens is 268 g/mol. The number of aryl methyl sites for hydroxylation is 1. The van der Waals surface area contributed by atoms with Crippen molar-refractivity contribution in [3.63, 3.8) is 0 Å². The molecule has 0 saturated heterocycles. The van der Waals surface area contributed by atoms with Gasteiger partial charge in [0, 0.05) is 22.6 Å². The monoisotopic (exact) mass is 284 g/mol. The van der Waals surface area contributed by atoms with Crippen LogP contribution in [-0.4, -0.2) is 27.4 Å². The number of hydrogen-bond donors (Lipinski definition) is 3. The molecule has 7 heteroatoms. The number of aromatic nitrogens is 2. The molecule has 0 aromatic carbocycles. The molecule has 0 aliphatic heterocycles. The van der Waals surface area contributed by atoms with E-state index in [-0.39, 0.29) is 6.61 Å². The Hall–Kier alpha value is -0.890. The summed E-state index contributed by atoms with van der Waals surface area (Å²) < 4.78 is 0. The number of rotatable bonds is 6. The Kier molecular flexibility index (Phi) is 4.76. The number of hydrazine groups is 1. The number of anilines is 1. The van der Waals surface area contributed by atoms with Crippen molar-refractivity contribution in [3.05, 3.63) is 10.9 Å². The predicted molar refractivity (Wildman–Crippen MR) is 77.0 cm³/mol. The van der Waals surface area contributed by atoms with Crippen LogP contribution in [0.3, 0.4) is 0 Å². The molecule has 2 aromatic rings. The van der Waals surface area contributed by atoms with Gasteiger partial charge in [-0.05, 0) is 18.9 Å². The summed E-state index contributed by atoms with van der Waals surface area (Å²) in [4.78, 5) is 11.0. The molecule has 4 N–H and O–H groups in total. The second kappa shape index (κ2) is 6.33. The summed E-state index contributed by atoms with van der Waals surface area (Å²) in [6, 6.07) is 2.14. The lowest BCUT2D eigenvalue weighted by Gasteiger charge is -2.04. The van der Waals surface area contributed by atoms with Crippen LogP contribution in [-0.2, 0) is 6.42 Å². The fourth-order valence-corrected chi connectivity index (χ4v) is 3.49. The van der Waals surface area contributed by atoms with Crippen LogP contribution in [0.15, 0.2) is 11.1 Å². The van der Waals surface area contributed by atoms with Crippen molar-refractivity contribution in [1.82, 2.24) is 9.97 Å². The van der Waals surface area contributed by atoms with Gasteiger partial charge in [-0.25, -0.2) is 15.8 Å². The van der Waals surface area contributed by atoms with Crippen LogP contribution in [0, 0.1) is 0 Å². The number of thiophene rings is 1. The Morgan fingerprint density at radius 2 is 2.33 bits per heavy atom. The van der Waals surface area contributed by atoms with Crippen molar-refractivity contribution >= 4 is 39.3 Å². The zero-order chi connectivity index (χ0) is 13.0. The van der Waals surface area contributed by atoms with Crippen LogP contribution < -0.4 is 11.3 Å². The van der Waals surface area contributed by atoms with E-state index in [0.717, 1.165) is 33.8 Å². The third-order valence-corrected chi connectivity index (χ3v) is 4.68. The van der Waals surface area contributed by atoms with E-state index in [2.05, 4.69) is 28.4 Å². The zero-order valence-electron chi connectivity index (χ0n) is 10.1. The molecule has 0 unspecified atom stereocenters. The van der Waals surface area contributed by atoms with E-state index in [0.29, 0.717) is 5.95 Å². The number of aliphatic hydroxyl groups excluding tert-OH is 1. The maximum Gasteiger partial charge on any atom is 0.239 e. The molecule has 2 aromatic heterocycles. The fraction of sp³-hybridized carbons (Fsp3) is 0.455. The topological polar surface area (TPSA) is 84.1 Å². The zero-order valence-corrected chi connectivity index (χ0v) is 11.8. The molecule has 98 valence electrons. The molecule has 5 nitrogen and oxygen atoms in total. The van der Waals surface area contributed by atoms with Gasteiger partial charge in [-0.1, -0.05) is 6.92 Å². The maximum absolute atomic E-state index is 8.82. The normalized spacial score (nSPS) is 11.1. The minimum Gasteiger partial charge on any atom is -0.396 e. The van der Waals surface area contributed by atoms with E-state index in [1.807, 2.05) is 0 Å². The van der Waals surface area contributed by atoms with Gasteiger partial charge < -0.3 is 5.11 Å². The first-order valence-electron chi connectivity index (χ1n) is 5.79. The highest BCUT2D eigenvalue weighted by atomic mass is 32.2. The Bertz CT molecular complexity index is 529. The third-order valence-electron chi connectivity index (χ3n) is 2.43. The number of fused-ring (bicyclic) bond motifs is 1. The number of thioether (sulfide) groups is 1. The van der Waals surface area contributed by atoms with Crippen LogP contribution in [0.2, 0.25) is 0 Å². The molecule has 18 heavy (non-hydrogen) atoms. The summed E-state index contributed by atoms with van der Waals surface area (Å²) in [5, 5.41) is 10.8. The first-order chi connectivity index (χ1) is 8.78. The number of nitrogens with two attached hydrogens (primary N) is 1. The van der Waals surface area contributed by atoms with Crippen molar-refractivity contribution in [2.24, 2.45) is 5.84 Å². The van der Waals surface area contributed by atoms with Crippen LogP contribution in [0.4, 0.5) is 5.95 Å². The number of nitrogen functional groups attached to an aromatic ring is 1. The van der Waals surface area contributed by atoms with Crippen molar-refractivity contribution in [2.45, 2.75) is 24.8 Å². The third kappa shape index (κ3) is 2.92. The predicted octanol–water partition coefficient (Wildman–Crippen LogP) is 2.01. The SMILES string of the molecule is CCc1cc2c(SCCCO)nc(NN)nc2s1. The number of nitrogens with one attached hydrogen (secondary N) is 1. The average Bonchev–Trinajstić information content (AvgIpc) is 2.81. The molecule has 0 spiro atoms. The van der Waals surface area contributed by atoms with Crippen LogP contribution in [0.5, 0.6) is 0 Å². The highest BCUT2D eigenvalue weighted by Gasteiger charge is 2.11. The number of nitrogens with zero attached hydrogens (tertiary/aromatic N) is 2. The molecule has 0 saturated carbocycles. The number of aliphatic hydroxyl groups is 1. The van der Waals surface area contributed by atoms with Gasteiger partial charge >= 0.3 is 0 Å². The van der Waals surface area contributed by atoms with Gasteiger partial charge in [0.2, 0.25) is 5.95 Å². The average molecular weight is 284 g/mol. The molecular formula is C11H16N4OS2. The minimum atomic E-state index is 0.201. The molecule has 0 bridgehead atoms. The van der Waals surface area contributed by atoms with Gasteiger partial charge in [0.15, 0.2) is 0 Å². The van der Waals surface area contributed by atoms with Gasteiger partial charge in [0.05, 0.1) is 0 Å². The summed E-state index contributed by atoms with van der Waals surface area (Å²) in [5.41, 5.74) is 2.50. The van der Waals surface area contributed by atoms with E-state index in [9.17, 15) is 0 Å². The van der Waals surface area contributed by atoms with Crippen molar-refractivity contribution in [2.75, 3.05) is 17.8 Å². The summed E-state index contributed by atoms with van der Waals surface area (Å²) >= 11 is 3.30. The van der Waals surface area contributed by atoms with E-state index >= 15 is 0 Å². The lowest BCUT2D eigenvalue weighted by atomic mass is 10.3. The summed E-state index contributed by atoms with van der Waals surface area (Å²) in [7, 11) is 0. The van der Waals surface area contributed by atoms with Gasteiger partial charge in [0.25, 0.3) is 0 Å². The smallest absolute Gasteiger partial charge is 0.239 e. The molecule has 0 fully saturated rings. The van der Waals surface area contributed by atoms with Crippen molar-refractivity contribution < 1.29 is 5.11 Å². The van der Waals surface area contributed by atoms with Crippen LogP contribution in [0.25, 0.3) is 10.2 Å². The fourth-order valence-electron chi connectivity index (χ4n) is 1.53. The first kappa shape index (κ1) is 13.5. The Morgan fingerprint density at radius 1 is 1.50 bits per heavy atom. The van der Waals surface area contributed by atoms with Crippen molar-refractivity contribution in [3.8, 4) is 0 Å².